The fraction of sp³-hybridized carbons (Fsp3) is 0.533. The molecule has 0 N–H and O–H groups in total. The summed E-state index contributed by atoms with van der Waals surface area (Å²) in [6, 6.07) is 8.86. The van der Waals surface area contributed by atoms with Crippen molar-refractivity contribution in [2.24, 2.45) is 5.92 Å². The summed E-state index contributed by atoms with van der Waals surface area (Å²) in [4.78, 5) is 0. The maximum absolute atomic E-state index is 12.4. The molecule has 6 heteroatoms. The minimum absolute atomic E-state index is 0.129. The molecule has 0 unspecified atom stereocenters. The molecule has 0 aliphatic carbocycles. The maximum atomic E-state index is 12.4. The molecule has 1 aliphatic heterocycles. The zero-order valence-electron chi connectivity index (χ0n) is 12.2. The van der Waals surface area contributed by atoms with Crippen molar-refractivity contribution in [3.63, 3.8) is 0 Å². The minimum Gasteiger partial charge on any atom is -0.381 e. The normalized spacial score (nSPS) is 16.8. The van der Waals surface area contributed by atoms with Crippen molar-refractivity contribution in [2.45, 2.75) is 18.6 Å². The van der Waals surface area contributed by atoms with Gasteiger partial charge in [-0.1, -0.05) is 18.2 Å². The molecule has 1 aliphatic rings. The summed E-state index contributed by atoms with van der Waals surface area (Å²) in [6.07, 6.45) is 1.79. The highest BCUT2D eigenvalue weighted by molar-refractivity contribution is 7.88. The van der Waals surface area contributed by atoms with Crippen molar-refractivity contribution in [2.75, 3.05) is 26.8 Å². The third-order valence-corrected chi connectivity index (χ3v) is 5.58. The van der Waals surface area contributed by atoms with E-state index >= 15 is 0 Å². The zero-order valence-corrected chi connectivity index (χ0v) is 13.0. The zero-order chi connectivity index (χ0) is 15.3. The van der Waals surface area contributed by atoms with Crippen LogP contribution in [0.15, 0.2) is 24.3 Å². The Morgan fingerprint density at radius 2 is 2.00 bits per heavy atom. The summed E-state index contributed by atoms with van der Waals surface area (Å²) in [5.74, 6) is 0.223. The Bertz CT molecular complexity index is 616. The number of rotatable bonds is 5. The molecule has 0 radical (unpaired) electrons. The van der Waals surface area contributed by atoms with E-state index in [4.69, 9.17) is 10.00 Å². The van der Waals surface area contributed by atoms with Gasteiger partial charge in [0.05, 0.1) is 17.4 Å². The second-order valence-electron chi connectivity index (χ2n) is 5.36. The van der Waals surface area contributed by atoms with Gasteiger partial charge < -0.3 is 4.74 Å². The predicted octanol–water partition coefficient (Wildman–Crippen LogP) is 1.75. The molecule has 1 aromatic rings. The Hall–Kier alpha value is -1.42. The molecule has 0 atom stereocenters. The van der Waals surface area contributed by atoms with E-state index in [1.165, 1.54) is 4.31 Å². The monoisotopic (exact) mass is 308 g/mol. The van der Waals surface area contributed by atoms with Crippen molar-refractivity contribution in [1.29, 1.82) is 5.26 Å². The molecule has 114 valence electrons. The highest BCUT2D eigenvalue weighted by Gasteiger charge is 2.24. The van der Waals surface area contributed by atoms with E-state index < -0.39 is 10.0 Å². The fourth-order valence-corrected chi connectivity index (χ4v) is 3.77. The van der Waals surface area contributed by atoms with Crippen molar-refractivity contribution in [3.8, 4) is 6.07 Å². The maximum Gasteiger partial charge on any atom is 0.218 e. The van der Waals surface area contributed by atoms with Gasteiger partial charge in [0.25, 0.3) is 0 Å². The quantitative estimate of drug-likeness (QED) is 0.831. The topological polar surface area (TPSA) is 70.4 Å². The predicted molar refractivity (Wildman–Crippen MR) is 80.0 cm³/mol. The molecule has 0 spiro atoms. The smallest absolute Gasteiger partial charge is 0.218 e. The first-order valence-electron chi connectivity index (χ1n) is 7.02. The average molecular weight is 308 g/mol. The number of benzene rings is 1. The molecule has 1 fully saturated rings. The van der Waals surface area contributed by atoms with Gasteiger partial charge >= 0.3 is 0 Å². The van der Waals surface area contributed by atoms with E-state index in [1.807, 2.05) is 6.07 Å². The number of hydrogen-bond acceptors (Lipinski definition) is 4. The van der Waals surface area contributed by atoms with Crippen LogP contribution in [0.4, 0.5) is 0 Å². The molecule has 0 saturated carbocycles. The van der Waals surface area contributed by atoms with Crippen LogP contribution in [0.1, 0.15) is 24.0 Å². The summed E-state index contributed by atoms with van der Waals surface area (Å²) in [5.41, 5.74) is 0.972. The van der Waals surface area contributed by atoms with Gasteiger partial charge in [0.2, 0.25) is 10.0 Å². The van der Waals surface area contributed by atoms with Crippen LogP contribution in [0, 0.1) is 17.2 Å². The second kappa shape index (κ2) is 7.03. The van der Waals surface area contributed by atoms with Crippen LogP contribution in [0.3, 0.4) is 0 Å². The number of sulfonamides is 1. The van der Waals surface area contributed by atoms with Gasteiger partial charge in [-0.2, -0.15) is 5.26 Å². The molecular weight excluding hydrogens is 288 g/mol. The van der Waals surface area contributed by atoms with E-state index in [2.05, 4.69) is 0 Å². The number of ether oxygens (including phenoxy) is 1. The Morgan fingerprint density at radius 3 is 2.67 bits per heavy atom. The van der Waals surface area contributed by atoms with Gasteiger partial charge in [-0.25, -0.2) is 12.7 Å². The third kappa shape index (κ3) is 4.27. The first-order chi connectivity index (χ1) is 10.0. The lowest BCUT2D eigenvalue weighted by molar-refractivity contribution is 0.0620. The Kier molecular flexibility index (Phi) is 5.34. The molecule has 21 heavy (non-hydrogen) atoms. The molecule has 1 heterocycles. The van der Waals surface area contributed by atoms with Gasteiger partial charge in [-0.05, 0) is 30.4 Å². The van der Waals surface area contributed by atoms with Crippen LogP contribution >= 0.6 is 0 Å². The third-order valence-electron chi connectivity index (χ3n) is 3.81. The Morgan fingerprint density at radius 1 is 1.33 bits per heavy atom. The van der Waals surface area contributed by atoms with E-state index in [0.717, 1.165) is 12.8 Å². The summed E-state index contributed by atoms with van der Waals surface area (Å²) < 4.78 is 31.6. The minimum atomic E-state index is -3.40. The van der Waals surface area contributed by atoms with Crippen molar-refractivity contribution < 1.29 is 13.2 Å². The van der Waals surface area contributed by atoms with Crippen LogP contribution in [-0.2, 0) is 20.5 Å². The first-order valence-corrected chi connectivity index (χ1v) is 8.63. The molecule has 0 bridgehead atoms. The number of hydrogen-bond donors (Lipinski definition) is 0. The molecule has 1 aromatic carbocycles. The highest BCUT2D eigenvalue weighted by atomic mass is 32.2. The molecule has 2 rings (SSSR count). The number of nitriles is 1. The van der Waals surface area contributed by atoms with E-state index in [9.17, 15) is 8.42 Å². The van der Waals surface area contributed by atoms with Crippen LogP contribution in [-0.4, -0.2) is 39.5 Å². The van der Waals surface area contributed by atoms with E-state index in [0.29, 0.717) is 36.8 Å². The van der Waals surface area contributed by atoms with Crippen LogP contribution < -0.4 is 0 Å². The standard InChI is InChI=1S/C15H20N2O3S/c1-17(11-13-6-8-20-9-7-13)21(18,19)12-15-5-3-2-4-14(15)10-16/h2-5,13H,6-9,11-12H2,1H3. The van der Waals surface area contributed by atoms with Gasteiger partial charge in [0.1, 0.15) is 0 Å². The fourth-order valence-electron chi connectivity index (χ4n) is 2.47. The van der Waals surface area contributed by atoms with Crippen molar-refractivity contribution in [1.82, 2.24) is 4.31 Å². The molecular formula is C15H20N2O3S. The lowest BCUT2D eigenvalue weighted by atomic mass is 10.0. The van der Waals surface area contributed by atoms with Crippen molar-refractivity contribution in [3.05, 3.63) is 35.4 Å². The molecule has 5 nitrogen and oxygen atoms in total. The summed E-state index contributed by atoms with van der Waals surface area (Å²) >= 11 is 0. The van der Waals surface area contributed by atoms with Crippen LogP contribution in [0.5, 0.6) is 0 Å². The second-order valence-corrected chi connectivity index (χ2v) is 7.44. The lowest BCUT2D eigenvalue weighted by Crippen LogP contribution is -2.35. The average Bonchev–Trinajstić information content (AvgIpc) is 2.48. The molecule has 0 amide bonds. The largest absolute Gasteiger partial charge is 0.381 e. The highest BCUT2D eigenvalue weighted by Crippen LogP contribution is 2.19. The van der Waals surface area contributed by atoms with Crippen molar-refractivity contribution >= 4 is 10.0 Å². The Balaban J connectivity index is 2.05. The summed E-state index contributed by atoms with van der Waals surface area (Å²) in [6.45, 7) is 1.92. The van der Waals surface area contributed by atoms with Gasteiger partial charge in [0.15, 0.2) is 0 Å². The lowest BCUT2D eigenvalue weighted by Gasteiger charge is -2.26. The molecule has 1 saturated heterocycles. The molecule has 0 aromatic heterocycles. The SMILES string of the molecule is CN(CC1CCOCC1)S(=O)(=O)Cc1ccccc1C#N. The summed E-state index contributed by atoms with van der Waals surface area (Å²) in [5, 5.41) is 9.04. The first kappa shape index (κ1) is 16.0. The van der Waals surface area contributed by atoms with E-state index in [1.54, 1.807) is 31.3 Å². The van der Waals surface area contributed by atoms with Gasteiger partial charge in [-0.3, -0.25) is 0 Å². The van der Waals surface area contributed by atoms with Crippen LogP contribution in [0.2, 0.25) is 0 Å². The van der Waals surface area contributed by atoms with Gasteiger partial charge in [0, 0.05) is 26.8 Å². The van der Waals surface area contributed by atoms with Gasteiger partial charge in [-0.15, -0.1) is 0 Å². The van der Waals surface area contributed by atoms with E-state index in [-0.39, 0.29) is 5.75 Å². The number of nitrogens with zero attached hydrogens (tertiary/aromatic N) is 2. The summed E-state index contributed by atoms with van der Waals surface area (Å²) in [7, 11) is -1.79. The van der Waals surface area contributed by atoms with Crippen LogP contribution in [0.25, 0.3) is 0 Å². The Labute approximate surface area is 126 Å².